The van der Waals surface area contributed by atoms with E-state index in [4.69, 9.17) is 15.9 Å². The van der Waals surface area contributed by atoms with Gasteiger partial charge in [-0.25, -0.2) is 4.79 Å². The first-order valence-electron chi connectivity index (χ1n) is 8.75. The predicted molar refractivity (Wildman–Crippen MR) is 111 cm³/mol. The average Bonchev–Trinajstić information content (AvgIpc) is 2.62. The van der Waals surface area contributed by atoms with E-state index in [9.17, 15) is 24.0 Å². The summed E-state index contributed by atoms with van der Waals surface area (Å²) in [5.74, 6) is -5.37. The van der Waals surface area contributed by atoms with Crippen molar-refractivity contribution < 1.29 is 34.2 Å². The smallest absolute Gasteiger partial charge is 0.327 e. The van der Waals surface area contributed by atoms with Crippen molar-refractivity contribution in [2.75, 3.05) is 11.5 Å². The lowest BCUT2D eigenvalue weighted by atomic mass is 10.0. The number of carbonyl (C=O) groups excluding carboxylic acids is 3. The van der Waals surface area contributed by atoms with E-state index in [2.05, 4.69) is 41.2 Å². The Morgan fingerprint density at radius 2 is 1.31 bits per heavy atom. The summed E-state index contributed by atoms with van der Waals surface area (Å²) in [6, 6.07) is -4.94. The lowest BCUT2D eigenvalue weighted by Gasteiger charge is -2.25. The molecule has 0 aromatic heterocycles. The molecule has 29 heavy (non-hydrogen) atoms. The standard InChI is InChI=1S/C16H28N4O7S2/c1-7(2)3-9(18-13(23)8(17)5-28)14(24)19-10(4-12(21)22)15(25)20-11(6-29)16(26)27/h7-11,28-29H,3-6,17H2,1-2H3,(H,18,23)(H,19,24)(H,20,25)(H,21,22)(H,26,27). The van der Waals surface area contributed by atoms with Crippen molar-refractivity contribution >= 4 is 54.9 Å². The largest absolute Gasteiger partial charge is 0.481 e. The number of carbonyl (C=O) groups is 5. The van der Waals surface area contributed by atoms with E-state index in [0.29, 0.717) is 0 Å². The third kappa shape index (κ3) is 10.4. The van der Waals surface area contributed by atoms with Gasteiger partial charge in [0.1, 0.15) is 18.1 Å². The Kier molecular flexibility index (Phi) is 12.4. The highest BCUT2D eigenvalue weighted by Crippen LogP contribution is 2.07. The van der Waals surface area contributed by atoms with Gasteiger partial charge in [-0.15, -0.1) is 0 Å². The maximum Gasteiger partial charge on any atom is 0.327 e. The molecule has 11 nitrogen and oxygen atoms in total. The van der Waals surface area contributed by atoms with Crippen molar-refractivity contribution in [2.24, 2.45) is 11.7 Å². The second kappa shape index (κ2) is 13.3. The molecule has 0 radical (unpaired) electrons. The Hall–Kier alpha value is -1.99. The predicted octanol–water partition coefficient (Wildman–Crippen LogP) is -1.77. The van der Waals surface area contributed by atoms with Crippen molar-refractivity contribution in [3.8, 4) is 0 Å². The van der Waals surface area contributed by atoms with E-state index in [1.807, 2.05) is 0 Å². The topological polar surface area (TPSA) is 188 Å². The van der Waals surface area contributed by atoms with Crippen molar-refractivity contribution in [1.29, 1.82) is 0 Å². The molecule has 4 unspecified atom stereocenters. The van der Waals surface area contributed by atoms with Gasteiger partial charge in [-0.1, -0.05) is 13.8 Å². The fraction of sp³-hybridized carbons (Fsp3) is 0.688. The number of nitrogens with one attached hydrogen (secondary N) is 3. The first kappa shape index (κ1) is 27.0. The first-order valence-corrected chi connectivity index (χ1v) is 10.0. The lowest BCUT2D eigenvalue weighted by Crippen LogP contribution is -2.58. The molecule has 166 valence electrons. The number of amides is 3. The maximum absolute atomic E-state index is 12.6. The Bertz CT molecular complexity index is 618. The van der Waals surface area contributed by atoms with Crippen LogP contribution in [0.3, 0.4) is 0 Å². The minimum atomic E-state index is -1.55. The van der Waals surface area contributed by atoms with Gasteiger partial charge in [-0.2, -0.15) is 25.3 Å². The minimum absolute atomic E-state index is 0.0226. The molecule has 0 fully saturated rings. The molecule has 0 saturated heterocycles. The van der Waals surface area contributed by atoms with E-state index in [-0.39, 0.29) is 23.8 Å². The fourth-order valence-electron chi connectivity index (χ4n) is 2.18. The molecule has 7 N–H and O–H groups in total. The van der Waals surface area contributed by atoms with E-state index in [0.717, 1.165) is 0 Å². The van der Waals surface area contributed by atoms with Crippen LogP contribution in [0.25, 0.3) is 0 Å². The normalized spacial score (nSPS) is 15.0. The van der Waals surface area contributed by atoms with Crippen molar-refractivity contribution in [2.45, 2.75) is 50.9 Å². The third-order valence-corrected chi connectivity index (χ3v) is 4.44. The van der Waals surface area contributed by atoms with Crippen LogP contribution < -0.4 is 21.7 Å². The Morgan fingerprint density at radius 1 is 0.828 bits per heavy atom. The monoisotopic (exact) mass is 452 g/mol. The van der Waals surface area contributed by atoms with Gasteiger partial charge in [0.25, 0.3) is 0 Å². The molecule has 0 saturated carbocycles. The van der Waals surface area contributed by atoms with Gasteiger partial charge in [0.05, 0.1) is 12.5 Å². The van der Waals surface area contributed by atoms with Gasteiger partial charge in [0, 0.05) is 11.5 Å². The summed E-state index contributed by atoms with van der Waals surface area (Å²) >= 11 is 7.73. The fourth-order valence-corrected chi connectivity index (χ4v) is 2.59. The van der Waals surface area contributed by atoms with Crippen molar-refractivity contribution in [3.63, 3.8) is 0 Å². The second-order valence-corrected chi connectivity index (χ2v) is 7.45. The van der Waals surface area contributed by atoms with Gasteiger partial charge in [0.2, 0.25) is 17.7 Å². The van der Waals surface area contributed by atoms with Crippen molar-refractivity contribution in [3.05, 3.63) is 0 Å². The zero-order valence-electron chi connectivity index (χ0n) is 16.1. The summed E-state index contributed by atoms with van der Waals surface area (Å²) in [6.45, 7) is 3.60. The molecule has 0 aliphatic carbocycles. The number of carboxylic acids is 2. The highest BCUT2D eigenvalue weighted by atomic mass is 32.1. The summed E-state index contributed by atoms with van der Waals surface area (Å²) in [6.07, 6.45) is -0.582. The number of aliphatic carboxylic acids is 2. The number of hydrogen-bond acceptors (Lipinski definition) is 8. The van der Waals surface area contributed by atoms with Crippen LogP contribution in [0.4, 0.5) is 0 Å². The van der Waals surface area contributed by atoms with Crippen LogP contribution in [-0.4, -0.2) is 75.5 Å². The summed E-state index contributed by atoms with van der Waals surface area (Å²) in [5.41, 5.74) is 5.58. The van der Waals surface area contributed by atoms with Gasteiger partial charge < -0.3 is 31.9 Å². The highest BCUT2D eigenvalue weighted by molar-refractivity contribution is 7.80. The van der Waals surface area contributed by atoms with Crippen LogP contribution >= 0.6 is 25.3 Å². The highest BCUT2D eigenvalue weighted by Gasteiger charge is 2.31. The summed E-state index contributed by atoms with van der Waals surface area (Å²) in [7, 11) is 0. The number of rotatable bonds is 13. The Balaban J connectivity index is 5.39. The molecule has 3 amide bonds. The van der Waals surface area contributed by atoms with E-state index >= 15 is 0 Å². The average molecular weight is 453 g/mol. The van der Waals surface area contributed by atoms with Gasteiger partial charge in [0.15, 0.2) is 0 Å². The van der Waals surface area contributed by atoms with Gasteiger partial charge >= 0.3 is 11.9 Å². The molecule has 0 aromatic carbocycles. The molecular weight excluding hydrogens is 424 g/mol. The molecule has 13 heteroatoms. The molecule has 0 aliphatic rings. The molecule has 0 heterocycles. The van der Waals surface area contributed by atoms with E-state index in [1.165, 1.54) is 0 Å². The Morgan fingerprint density at radius 3 is 1.72 bits per heavy atom. The molecule has 0 aromatic rings. The summed E-state index contributed by atoms with van der Waals surface area (Å²) in [5, 5.41) is 24.9. The van der Waals surface area contributed by atoms with Crippen LogP contribution in [-0.2, 0) is 24.0 Å². The van der Waals surface area contributed by atoms with Crippen LogP contribution in [0, 0.1) is 5.92 Å². The lowest BCUT2D eigenvalue weighted by molar-refractivity contribution is -0.143. The number of thiol groups is 2. The molecular formula is C16H28N4O7S2. The Labute approximate surface area is 179 Å². The minimum Gasteiger partial charge on any atom is -0.481 e. The molecule has 0 spiro atoms. The quantitative estimate of drug-likeness (QED) is 0.151. The third-order valence-electron chi connectivity index (χ3n) is 3.68. The molecule has 4 atom stereocenters. The van der Waals surface area contributed by atoms with Crippen LogP contribution in [0.2, 0.25) is 0 Å². The van der Waals surface area contributed by atoms with Gasteiger partial charge in [-0.3, -0.25) is 19.2 Å². The molecule has 0 rings (SSSR count). The number of nitrogens with two attached hydrogens (primary N) is 1. The summed E-state index contributed by atoms with van der Waals surface area (Å²) in [4.78, 5) is 59.1. The van der Waals surface area contributed by atoms with E-state index < -0.39 is 60.2 Å². The molecule has 0 bridgehead atoms. The van der Waals surface area contributed by atoms with Crippen LogP contribution in [0.5, 0.6) is 0 Å². The van der Waals surface area contributed by atoms with Crippen molar-refractivity contribution in [1.82, 2.24) is 16.0 Å². The SMILES string of the molecule is CC(C)CC(NC(=O)C(N)CS)C(=O)NC(CC(=O)O)C(=O)NC(CS)C(=O)O. The number of hydrogen-bond donors (Lipinski definition) is 8. The zero-order chi connectivity index (χ0) is 22.7. The van der Waals surface area contributed by atoms with Gasteiger partial charge in [-0.05, 0) is 12.3 Å². The first-order chi connectivity index (χ1) is 13.4. The molecule has 0 aliphatic heterocycles. The second-order valence-electron chi connectivity index (χ2n) is 6.72. The maximum atomic E-state index is 12.6. The zero-order valence-corrected chi connectivity index (χ0v) is 17.9. The summed E-state index contributed by atoms with van der Waals surface area (Å²) < 4.78 is 0. The van der Waals surface area contributed by atoms with Crippen LogP contribution in [0.1, 0.15) is 26.7 Å². The van der Waals surface area contributed by atoms with Crippen LogP contribution in [0.15, 0.2) is 0 Å². The number of carboxylic acid groups (broad SMARTS) is 2. The van der Waals surface area contributed by atoms with E-state index in [1.54, 1.807) is 13.8 Å².